The van der Waals surface area contributed by atoms with Gasteiger partial charge < -0.3 is 9.13 Å². The average molecular weight is 691 g/mol. The van der Waals surface area contributed by atoms with Crippen LogP contribution in [0.2, 0.25) is 0 Å². The third kappa shape index (κ3) is 3.65. The van der Waals surface area contributed by atoms with Crippen molar-refractivity contribution in [3.05, 3.63) is 167 Å². The first-order chi connectivity index (χ1) is 26.3. The highest BCUT2D eigenvalue weighted by Gasteiger charge is 2.40. The number of benzene rings is 7. The summed E-state index contributed by atoms with van der Waals surface area (Å²) in [6.07, 6.45) is 0. The molecule has 0 aliphatic heterocycles. The zero-order valence-electron chi connectivity index (χ0n) is 30.5. The molecule has 54 heavy (non-hydrogen) atoms. The van der Waals surface area contributed by atoms with Gasteiger partial charge in [0.1, 0.15) is 12.1 Å². The molecule has 2 aliphatic rings. The van der Waals surface area contributed by atoms with Gasteiger partial charge in [-0.1, -0.05) is 137 Å². The van der Waals surface area contributed by atoms with E-state index in [2.05, 4.69) is 170 Å². The fraction of sp³-hybridized carbons (Fsp3) is 0.120. The summed E-state index contributed by atoms with van der Waals surface area (Å²) in [6.45, 7) is 9.32. The van der Waals surface area contributed by atoms with Crippen molar-refractivity contribution in [2.45, 2.75) is 38.5 Å². The van der Waals surface area contributed by atoms with E-state index in [0.29, 0.717) is 11.1 Å². The Labute approximate surface area is 313 Å². The average Bonchev–Trinajstić information content (AvgIpc) is 3.86. The number of nitriles is 2. The summed E-state index contributed by atoms with van der Waals surface area (Å²) in [7, 11) is 0. The number of rotatable bonds is 2. The second-order valence-corrected chi connectivity index (χ2v) is 15.9. The lowest BCUT2D eigenvalue weighted by molar-refractivity contribution is 0.663. The molecule has 2 aromatic heterocycles. The Morgan fingerprint density at radius 3 is 1.24 bits per heavy atom. The maximum Gasteiger partial charge on any atom is 0.101 e. The number of aromatic nitrogens is 2. The second kappa shape index (κ2) is 10.4. The normalized spacial score (nSPS) is 14.6. The van der Waals surface area contributed by atoms with E-state index in [4.69, 9.17) is 0 Å². The Morgan fingerprint density at radius 1 is 0.426 bits per heavy atom. The highest BCUT2D eigenvalue weighted by Crippen LogP contribution is 2.55. The second-order valence-electron chi connectivity index (χ2n) is 15.9. The largest absolute Gasteiger partial charge is 0.307 e. The van der Waals surface area contributed by atoms with Gasteiger partial charge in [-0.15, -0.1) is 0 Å². The van der Waals surface area contributed by atoms with E-state index in [9.17, 15) is 10.5 Å². The van der Waals surface area contributed by atoms with Gasteiger partial charge in [0.05, 0.1) is 44.6 Å². The fourth-order valence-electron chi connectivity index (χ4n) is 10.2. The number of para-hydroxylation sites is 2. The predicted octanol–water partition coefficient (Wildman–Crippen LogP) is 12.2. The Morgan fingerprint density at radius 2 is 0.815 bits per heavy atom. The zero-order chi connectivity index (χ0) is 36.7. The summed E-state index contributed by atoms with van der Waals surface area (Å²) in [4.78, 5) is 0. The van der Waals surface area contributed by atoms with Gasteiger partial charge in [-0.05, 0) is 68.8 Å². The van der Waals surface area contributed by atoms with Gasteiger partial charge >= 0.3 is 0 Å². The third-order valence-electron chi connectivity index (χ3n) is 12.5. The highest BCUT2D eigenvalue weighted by molar-refractivity contribution is 6.15. The van der Waals surface area contributed by atoms with Crippen LogP contribution in [0.3, 0.4) is 0 Å². The van der Waals surface area contributed by atoms with Crippen molar-refractivity contribution in [2.75, 3.05) is 0 Å². The molecule has 254 valence electrons. The van der Waals surface area contributed by atoms with Crippen molar-refractivity contribution in [2.24, 2.45) is 0 Å². The monoisotopic (exact) mass is 690 g/mol. The van der Waals surface area contributed by atoms with E-state index in [-0.39, 0.29) is 10.8 Å². The molecule has 0 saturated heterocycles. The number of fused-ring (bicyclic) bond motifs is 14. The molecular formula is C50H34N4. The summed E-state index contributed by atoms with van der Waals surface area (Å²) in [5.74, 6) is 0. The van der Waals surface area contributed by atoms with Crippen molar-refractivity contribution >= 4 is 43.6 Å². The van der Waals surface area contributed by atoms with Crippen LogP contribution in [0.5, 0.6) is 0 Å². The summed E-state index contributed by atoms with van der Waals surface area (Å²) < 4.78 is 4.77. The van der Waals surface area contributed by atoms with E-state index >= 15 is 0 Å². The van der Waals surface area contributed by atoms with Crippen LogP contribution in [0.4, 0.5) is 0 Å². The molecule has 2 aliphatic carbocycles. The molecule has 0 atom stereocenters. The van der Waals surface area contributed by atoms with Crippen LogP contribution in [-0.2, 0) is 10.8 Å². The van der Waals surface area contributed by atoms with Crippen LogP contribution < -0.4 is 0 Å². The minimum atomic E-state index is -0.286. The van der Waals surface area contributed by atoms with Crippen molar-refractivity contribution < 1.29 is 0 Å². The molecule has 4 heteroatoms. The van der Waals surface area contributed by atoms with Gasteiger partial charge in [-0.25, -0.2) is 0 Å². The molecule has 11 rings (SSSR count). The number of hydrogen-bond acceptors (Lipinski definition) is 2. The molecule has 0 N–H and O–H groups in total. The smallest absolute Gasteiger partial charge is 0.101 e. The van der Waals surface area contributed by atoms with Crippen LogP contribution in [0.1, 0.15) is 61.1 Å². The van der Waals surface area contributed by atoms with E-state index in [1.54, 1.807) is 0 Å². The molecule has 4 nitrogen and oxygen atoms in total. The molecule has 2 heterocycles. The molecule has 0 saturated carbocycles. The quantitative estimate of drug-likeness (QED) is 0.181. The minimum absolute atomic E-state index is 0.286. The van der Waals surface area contributed by atoms with E-state index in [1.165, 1.54) is 55.3 Å². The third-order valence-corrected chi connectivity index (χ3v) is 12.5. The highest BCUT2D eigenvalue weighted by atomic mass is 15.1. The first-order valence-corrected chi connectivity index (χ1v) is 18.6. The van der Waals surface area contributed by atoms with Crippen molar-refractivity contribution in [1.29, 1.82) is 10.5 Å². The van der Waals surface area contributed by atoms with Crippen molar-refractivity contribution in [3.63, 3.8) is 0 Å². The molecular weight excluding hydrogens is 657 g/mol. The number of nitrogens with zero attached hydrogens (tertiary/aromatic N) is 4. The topological polar surface area (TPSA) is 57.4 Å². The van der Waals surface area contributed by atoms with Gasteiger partial charge in [0.25, 0.3) is 0 Å². The maximum absolute atomic E-state index is 10.6. The summed E-state index contributed by atoms with van der Waals surface area (Å²) in [5.41, 5.74) is 16.4. The van der Waals surface area contributed by atoms with E-state index in [0.717, 1.165) is 44.2 Å². The van der Waals surface area contributed by atoms with Gasteiger partial charge in [0, 0.05) is 32.4 Å². The Balaban J connectivity index is 1.36. The lowest BCUT2D eigenvalue weighted by atomic mass is 9.81. The SMILES string of the molecule is CC1(C)c2ccccc2-c2ccc3c4ccccc4n(-c4cc(C#N)c(C#N)cc4-n4c5ccccc5c5ccc6c(c54)C(C)(C)c4ccccc4-6)c3c21. The Hall–Kier alpha value is -6.88. The Kier molecular flexibility index (Phi) is 5.90. The number of hydrogen-bond donors (Lipinski definition) is 0. The van der Waals surface area contributed by atoms with Crippen molar-refractivity contribution in [1.82, 2.24) is 9.13 Å². The molecule has 0 amide bonds. The molecule has 0 spiro atoms. The molecule has 0 fully saturated rings. The molecule has 9 aromatic rings. The maximum atomic E-state index is 10.6. The molecule has 7 aromatic carbocycles. The van der Waals surface area contributed by atoms with Gasteiger partial charge in [0.15, 0.2) is 0 Å². The van der Waals surface area contributed by atoms with Gasteiger partial charge in [0.2, 0.25) is 0 Å². The van der Waals surface area contributed by atoms with E-state index < -0.39 is 0 Å². The minimum Gasteiger partial charge on any atom is -0.307 e. The van der Waals surface area contributed by atoms with Crippen LogP contribution in [0.25, 0.3) is 77.2 Å². The molecule has 0 radical (unpaired) electrons. The lowest BCUT2D eigenvalue weighted by Gasteiger charge is -2.26. The summed E-state index contributed by atoms with van der Waals surface area (Å²) >= 11 is 0. The van der Waals surface area contributed by atoms with Gasteiger partial charge in [-0.2, -0.15) is 10.5 Å². The molecule has 0 unspecified atom stereocenters. The first kappa shape index (κ1) is 30.7. The van der Waals surface area contributed by atoms with Crippen LogP contribution in [-0.4, -0.2) is 9.13 Å². The summed E-state index contributed by atoms with van der Waals surface area (Å²) in [6, 6.07) is 52.5. The predicted molar refractivity (Wildman–Crippen MR) is 220 cm³/mol. The van der Waals surface area contributed by atoms with Crippen LogP contribution in [0.15, 0.2) is 133 Å². The van der Waals surface area contributed by atoms with Crippen LogP contribution in [0, 0.1) is 22.7 Å². The lowest BCUT2D eigenvalue weighted by Crippen LogP contribution is -2.17. The summed E-state index contributed by atoms with van der Waals surface area (Å²) in [5, 5.41) is 25.8. The first-order valence-electron chi connectivity index (χ1n) is 18.6. The molecule has 0 bridgehead atoms. The zero-order valence-corrected chi connectivity index (χ0v) is 30.5. The standard InChI is InChI=1S/C50H34N4/c1-49(2)39-17-9-5-13-31(39)35-21-23-37-33-15-7-11-19-41(33)53(47(37)45(35)49)43-25-29(27-51)30(28-52)26-44(43)54-42-20-12-8-16-34(42)38-24-22-36-32-14-6-10-18-40(32)50(3,4)46(36)48(38)54/h5-26H,1-4H3. The van der Waals surface area contributed by atoms with Gasteiger partial charge in [-0.3, -0.25) is 0 Å². The van der Waals surface area contributed by atoms with Crippen LogP contribution >= 0.6 is 0 Å². The Bertz CT molecular complexity index is 3020. The van der Waals surface area contributed by atoms with Crippen molar-refractivity contribution in [3.8, 4) is 45.8 Å². The fourth-order valence-corrected chi connectivity index (χ4v) is 10.2. The van der Waals surface area contributed by atoms with E-state index in [1.807, 2.05) is 12.1 Å².